The van der Waals surface area contributed by atoms with Crippen molar-refractivity contribution in [3.63, 3.8) is 0 Å². The van der Waals surface area contributed by atoms with E-state index in [4.69, 9.17) is 20.9 Å². The molecule has 376 valence electrons. The normalized spacial score (nSPS) is 29.9. The SMILES string of the molecule is Nc1nc2c(ncn2C2OC(COP(=O)(O)OP(=O)(O)OP(=O)(O)OP(=O)(O)OP(=O)(O)OP(=O)(O)OP(=O)(O)OCC3OC(n4cnc5c(=O)[nH]c(N)nc54)C(O)C3O)C(O)C2O)c(=O)[nH]1. The van der Waals surface area contributed by atoms with E-state index < -0.39 is 140 Å². The Morgan fingerprint density at radius 2 is 0.806 bits per heavy atom. The molecule has 0 radical (unpaired) electrons. The van der Waals surface area contributed by atoms with E-state index in [-0.39, 0.29) is 22.3 Å². The first kappa shape index (κ1) is 53.4. The molecule has 6 rings (SSSR count). The monoisotopic (exact) mass is 1110 g/mol. The molecule has 14 atom stereocenters. The number of aliphatic hydroxyl groups excluding tert-OH is 4. The summed E-state index contributed by atoms with van der Waals surface area (Å²) in [4.78, 5) is 112. The van der Waals surface area contributed by atoms with E-state index in [1.807, 2.05) is 0 Å². The lowest BCUT2D eigenvalue weighted by Crippen LogP contribution is -2.33. The van der Waals surface area contributed by atoms with Crippen LogP contribution in [0.15, 0.2) is 22.2 Å². The molecule has 0 saturated carbocycles. The van der Waals surface area contributed by atoms with Crippen LogP contribution < -0.4 is 22.6 Å². The molecular formula is C20H31N10O30P7. The average Bonchev–Trinajstić information content (AvgIpc) is 3.88. The van der Waals surface area contributed by atoms with Gasteiger partial charge in [-0.2, -0.15) is 35.8 Å². The fourth-order valence-electron chi connectivity index (χ4n) is 5.69. The number of aliphatic hydroxyl groups is 4. The van der Waals surface area contributed by atoms with E-state index >= 15 is 0 Å². The number of nitrogen functional groups attached to an aromatic ring is 2. The smallest absolute Gasteiger partial charge is 0.387 e. The van der Waals surface area contributed by atoms with Crippen molar-refractivity contribution < 1.29 is 131 Å². The summed E-state index contributed by atoms with van der Waals surface area (Å²) in [5.41, 5.74) is 8.24. The second-order valence-electron chi connectivity index (χ2n) is 13.0. The average molecular weight is 1110 g/mol. The number of phosphoric acid groups is 7. The highest BCUT2D eigenvalue weighted by atomic mass is 31.3. The van der Waals surface area contributed by atoms with Crippen LogP contribution >= 0.6 is 54.8 Å². The van der Waals surface area contributed by atoms with E-state index in [0.717, 1.165) is 21.8 Å². The zero-order valence-electron chi connectivity index (χ0n) is 31.8. The molecule has 0 amide bonds. The van der Waals surface area contributed by atoms with Gasteiger partial charge in [-0.25, -0.2) is 41.9 Å². The van der Waals surface area contributed by atoms with Crippen molar-refractivity contribution in [3.05, 3.63) is 33.4 Å². The Hall–Kier alpha value is -2.93. The van der Waals surface area contributed by atoms with Gasteiger partial charge in [0, 0.05) is 0 Å². The third kappa shape index (κ3) is 12.9. The Kier molecular flexibility index (Phi) is 15.2. The molecule has 2 aliphatic rings. The standard InChI is InChI=1S/C20H31N10O30P7/c21-19-25-13-7(15(35)27-19)23-3-29(13)17-11(33)9(31)5(53-17)1-51-61(37,38)55-63(41,42)57-65(45,46)59-67(49,50)60-66(47,48)58-64(43,44)56-62(39,40)52-2-6-10(32)12(34)18(54-6)30-4-24-8-14(30)26-20(22)28-16(8)36/h3-6,9-12,17-18,31-34H,1-2H2,(H,37,38)(H,39,40)(H,41,42)(H,43,44)(H,45,46)(H,47,48)(H,49,50)(H3,21,25,27,35)(H3,22,26,28,36). The Balaban J connectivity index is 0.991. The van der Waals surface area contributed by atoms with Crippen LogP contribution in [0.5, 0.6) is 0 Å². The van der Waals surface area contributed by atoms with Crippen LogP contribution in [-0.2, 0) is 76.3 Å². The van der Waals surface area contributed by atoms with Crippen molar-refractivity contribution in [2.24, 2.45) is 0 Å². The molecule has 4 aromatic rings. The molecule has 2 aliphatic heterocycles. The van der Waals surface area contributed by atoms with Crippen LogP contribution in [0.1, 0.15) is 12.5 Å². The van der Waals surface area contributed by atoms with Crippen LogP contribution in [0, 0.1) is 0 Å². The third-order valence-electron chi connectivity index (χ3n) is 8.17. The maximum atomic E-state index is 12.4. The predicted molar refractivity (Wildman–Crippen MR) is 204 cm³/mol. The van der Waals surface area contributed by atoms with Gasteiger partial charge in [-0.1, -0.05) is 0 Å². The van der Waals surface area contributed by atoms with E-state index in [0.29, 0.717) is 0 Å². The van der Waals surface area contributed by atoms with E-state index in [2.05, 4.69) is 64.8 Å². The highest BCUT2D eigenvalue weighted by molar-refractivity contribution is 7.73. The zero-order chi connectivity index (χ0) is 50.0. The number of aromatic nitrogens is 8. The van der Waals surface area contributed by atoms with Crippen LogP contribution in [0.2, 0.25) is 0 Å². The number of phosphoric ester groups is 2. The number of nitrogens with zero attached hydrogens (tertiary/aromatic N) is 6. The van der Waals surface area contributed by atoms with Crippen molar-refractivity contribution in [1.82, 2.24) is 39.0 Å². The summed E-state index contributed by atoms with van der Waals surface area (Å²) in [6.07, 6.45) is -12.8. The molecule has 14 unspecified atom stereocenters. The van der Waals surface area contributed by atoms with Gasteiger partial charge in [0.25, 0.3) is 11.1 Å². The lowest BCUT2D eigenvalue weighted by molar-refractivity contribution is -0.0503. The zero-order valence-corrected chi connectivity index (χ0v) is 38.1. The molecule has 47 heteroatoms. The molecule has 0 aromatic carbocycles. The fourth-order valence-corrected chi connectivity index (χ4v) is 14.9. The van der Waals surface area contributed by atoms with Gasteiger partial charge < -0.3 is 75.6 Å². The van der Waals surface area contributed by atoms with Gasteiger partial charge in [-0.15, -0.1) is 0 Å². The topological polar surface area (TPSA) is 614 Å². The van der Waals surface area contributed by atoms with Gasteiger partial charge in [-0.05, 0) is 0 Å². The quantitative estimate of drug-likeness (QED) is 0.0382. The van der Waals surface area contributed by atoms with Crippen molar-refractivity contribution >= 4 is 89.0 Å². The Labute approximate surface area is 365 Å². The number of rotatable bonds is 20. The molecule has 0 spiro atoms. The molecule has 0 bridgehead atoms. The molecule has 67 heavy (non-hydrogen) atoms. The first-order chi connectivity index (χ1) is 30.6. The minimum atomic E-state index is -6.77. The Bertz CT molecular complexity index is 2820. The van der Waals surface area contributed by atoms with Gasteiger partial charge in [0.1, 0.15) is 36.6 Å². The number of nitrogens with two attached hydrogens (primary N) is 2. The predicted octanol–water partition coefficient (Wildman–Crippen LogP) is -3.51. The van der Waals surface area contributed by atoms with Crippen molar-refractivity contribution in [3.8, 4) is 0 Å². The summed E-state index contributed by atoms with van der Waals surface area (Å²) in [7, 11) is -45.4. The van der Waals surface area contributed by atoms with Gasteiger partial charge >= 0.3 is 54.8 Å². The van der Waals surface area contributed by atoms with Crippen molar-refractivity contribution in [2.45, 2.75) is 49.1 Å². The van der Waals surface area contributed by atoms with E-state index in [9.17, 15) is 96.2 Å². The second kappa shape index (κ2) is 19.0. The van der Waals surface area contributed by atoms with Crippen LogP contribution in [0.3, 0.4) is 0 Å². The number of hydrogen-bond acceptors (Lipinski definition) is 29. The van der Waals surface area contributed by atoms with Crippen molar-refractivity contribution in [2.75, 3.05) is 24.7 Å². The number of H-pyrrole nitrogens is 2. The first-order valence-corrected chi connectivity index (χ1v) is 27.4. The number of hydrogen-bond donors (Lipinski definition) is 15. The lowest BCUT2D eigenvalue weighted by atomic mass is 10.1. The lowest BCUT2D eigenvalue weighted by Gasteiger charge is -2.22. The summed E-state index contributed by atoms with van der Waals surface area (Å²) in [5, 5.41) is 41.8. The maximum absolute atomic E-state index is 12.4. The van der Waals surface area contributed by atoms with Crippen LogP contribution in [0.4, 0.5) is 11.9 Å². The summed E-state index contributed by atoms with van der Waals surface area (Å²) >= 11 is 0. The summed E-state index contributed by atoms with van der Waals surface area (Å²) < 4.78 is 129. The number of ether oxygens (including phenoxy) is 2. The highest BCUT2D eigenvalue weighted by Crippen LogP contribution is 2.76. The second-order valence-corrected chi connectivity index (χ2v) is 24.0. The summed E-state index contributed by atoms with van der Waals surface area (Å²) in [6.45, 7) is -2.62. The number of aromatic amines is 2. The Morgan fingerprint density at radius 1 is 0.522 bits per heavy atom. The molecule has 4 aromatic heterocycles. The van der Waals surface area contributed by atoms with Gasteiger partial charge in [0.05, 0.1) is 25.9 Å². The van der Waals surface area contributed by atoms with Gasteiger partial charge in [-0.3, -0.25) is 37.7 Å². The third-order valence-corrected chi connectivity index (χ3v) is 19.0. The molecule has 0 aliphatic carbocycles. The highest BCUT2D eigenvalue weighted by Gasteiger charge is 2.52. The summed E-state index contributed by atoms with van der Waals surface area (Å²) in [5.74, 6) is -0.798. The van der Waals surface area contributed by atoms with Crippen molar-refractivity contribution in [1.29, 1.82) is 0 Å². The largest absolute Gasteiger partial charge is 0.490 e. The number of fused-ring (bicyclic) bond motifs is 2. The number of nitrogens with one attached hydrogen (secondary N) is 2. The minimum Gasteiger partial charge on any atom is -0.387 e. The van der Waals surface area contributed by atoms with E-state index in [1.54, 1.807) is 0 Å². The Morgan fingerprint density at radius 3 is 1.10 bits per heavy atom. The van der Waals surface area contributed by atoms with Gasteiger partial charge in [0.2, 0.25) is 11.9 Å². The molecule has 17 N–H and O–H groups in total. The van der Waals surface area contributed by atoms with Gasteiger partial charge in [0.15, 0.2) is 34.8 Å². The molecule has 2 saturated heterocycles. The number of anilines is 2. The summed E-state index contributed by atoms with van der Waals surface area (Å²) in [6, 6.07) is 0. The van der Waals surface area contributed by atoms with E-state index in [1.165, 1.54) is 0 Å². The minimum absolute atomic E-state index is 0.264. The molecule has 6 heterocycles. The molecule has 40 nitrogen and oxygen atoms in total. The molecular weight excluding hydrogens is 1080 g/mol. The van der Waals surface area contributed by atoms with Crippen LogP contribution in [0.25, 0.3) is 22.3 Å². The number of imidazole rings is 2. The molecule has 2 fully saturated rings. The van der Waals surface area contributed by atoms with Crippen LogP contribution in [-0.4, -0.2) is 144 Å². The maximum Gasteiger partial charge on any atom is 0.490 e. The first-order valence-electron chi connectivity index (χ1n) is 16.9. The fraction of sp³-hybridized carbons (Fsp3) is 0.500.